The van der Waals surface area contributed by atoms with Crippen molar-refractivity contribution in [3.8, 4) is 0 Å². The summed E-state index contributed by atoms with van der Waals surface area (Å²) < 4.78 is 0.628. The first-order valence-electron chi connectivity index (χ1n) is 4.18. The molecule has 0 bridgehead atoms. The molecule has 0 fully saturated rings. The molecule has 1 unspecified atom stereocenters. The zero-order valence-electron chi connectivity index (χ0n) is 7.48. The second kappa shape index (κ2) is 4.30. The Hall–Kier alpha value is -0.910. The van der Waals surface area contributed by atoms with E-state index in [1.165, 1.54) is 0 Å². The van der Waals surface area contributed by atoms with Gasteiger partial charge in [-0.05, 0) is 34.1 Å². The predicted octanol–water partition coefficient (Wildman–Crippen LogP) is 2.30. The van der Waals surface area contributed by atoms with Crippen LogP contribution in [0.1, 0.15) is 17.5 Å². The molecule has 0 aliphatic rings. The van der Waals surface area contributed by atoms with Crippen LogP contribution in [0, 0.1) is 0 Å². The molecule has 1 atom stereocenters. The predicted molar refractivity (Wildman–Crippen MR) is 59.6 cm³/mol. The number of nitrogens with zero attached hydrogens (tertiary/aromatic N) is 2. The van der Waals surface area contributed by atoms with Gasteiger partial charge in [-0.25, -0.2) is 0 Å². The van der Waals surface area contributed by atoms with Crippen molar-refractivity contribution >= 4 is 27.5 Å². The molecule has 78 valence electrons. The lowest BCUT2D eigenvalue weighted by Crippen LogP contribution is -2.03. The van der Waals surface area contributed by atoms with Gasteiger partial charge in [0, 0.05) is 6.20 Å². The first-order valence-corrected chi connectivity index (χ1v) is 5.35. The molecule has 0 saturated heterocycles. The Balaban J connectivity index is 2.36. The zero-order chi connectivity index (χ0) is 10.8. The molecule has 2 heterocycles. The maximum Gasteiger partial charge on any atom is 0.139 e. The molecule has 0 radical (unpaired) electrons. The van der Waals surface area contributed by atoms with Crippen LogP contribution in [0.3, 0.4) is 0 Å². The Kier molecular flexibility index (Phi) is 3.04. The number of aliphatic hydroxyl groups excluding tert-OH is 1. The highest BCUT2D eigenvalue weighted by Crippen LogP contribution is 2.25. The van der Waals surface area contributed by atoms with Crippen LogP contribution in [0.5, 0.6) is 0 Å². The average molecular weight is 289 g/mol. The second-order valence-electron chi connectivity index (χ2n) is 2.92. The first kappa shape index (κ1) is 10.6. The van der Waals surface area contributed by atoms with E-state index in [1.54, 1.807) is 24.4 Å². The third-order valence-electron chi connectivity index (χ3n) is 1.91. The number of aromatic amines is 1. The largest absolute Gasteiger partial charge is 0.380 e. The molecule has 2 aromatic rings. The van der Waals surface area contributed by atoms with Crippen LogP contribution < -0.4 is 0 Å². The van der Waals surface area contributed by atoms with Crippen molar-refractivity contribution in [2.75, 3.05) is 0 Å². The minimum atomic E-state index is -0.891. The highest BCUT2D eigenvalue weighted by molar-refractivity contribution is 9.10. The number of nitrogens with one attached hydrogen (secondary N) is 1. The monoisotopic (exact) mass is 287 g/mol. The van der Waals surface area contributed by atoms with E-state index in [0.717, 1.165) is 0 Å². The van der Waals surface area contributed by atoms with E-state index < -0.39 is 6.10 Å². The number of hydrogen-bond acceptors (Lipinski definition) is 3. The Morgan fingerprint density at radius 3 is 2.93 bits per heavy atom. The first-order chi connectivity index (χ1) is 7.18. The van der Waals surface area contributed by atoms with Crippen molar-refractivity contribution in [2.45, 2.75) is 6.10 Å². The smallest absolute Gasteiger partial charge is 0.139 e. The maximum atomic E-state index is 9.95. The quantitative estimate of drug-likeness (QED) is 0.891. The second-order valence-corrected chi connectivity index (χ2v) is 4.14. The Bertz CT molecular complexity index is 474. The molecule has 0 amide bonds. The van der Waals surface area contributed by atoms with Crippen molar-refractivity contribution in [3.05, 3.63) is 45.4 Å². The van der Waals surface area contributed by atoms with Crippen molar-refractivity contribution in [1.82, 2.24) is 15.2 Å². The molecular formula is C9H7BrClN3O. The molecule has 0 spiro atoms. The number of pyridine rings is 1. The lowest BCUT2D eigenvalue weighted by Gasteiger charge is -2.08. The lowest BCUT2D eigenvalue weighted by molar-refractivity contribution is 0.210. The van der Waals surface area contributed by atoms with Gasteiger partial charge in [0.05, 0.1) is 16.4 Å². The summed E-state index contributed by atoms with van der Waals surface area (Å²) in [6, 6.07) is 5.07. The summed E-state index contributed by atoms with van der Waals surface area (Å²) >= 11 is 9.09. The van der Waals surface area contributed by atoms with Gasteiger partial charge >= 0.3 is 0 Å². The summed E-state index contributed by atoms with van der Waals surface area (Å²) in [5.41, 5.74) is 0.956. The number of rotatable bonds is 2. The molecule has 2 rings (SSSR count). The fourth-order valence-corrected chi connectivity index (χ4v) is 1.76. The summed E-state index contributed by atoms with van der Waals surface area (Å²) in [7, 11) is 0. The third-order valence-corrected chi connectivity index (χ3v) is 2.63. The summed E-state index contributed by atoms with van der Waals surface area (Å²) in [4.78, 5) is 4.02. The van der Waals surface area contributed by atoms with Gasteiger partial charge < -0.3 is 5.11 Å². The summed E-state index contributed by atoms with van der Waals surface area (Å²) in [6.45, 7) is 0. The van der Waals surface area contributed by atoms with E-state index in [1.807, 2.05) is 0 Å². The van der Waals surface area contributed by atoms with Crippen LogP contribution in [-0.2, 0) is 0 Å². The fourth-order valence-electron chi connectivity index (χ4n) is 1.20. The van der Waals surface area contributed by atoms with Gasteiger partial charge in [0.25, 0.3) is 0 Å². The number of H-pyrrole nitrogens is 1. The van der Waals surface area contributed by atoms with Crippen LogP contribution in [-0.4, -0.2) is 20.3 Å². The van der Waals surface area contributed by atoms with Gasteiger partial charge in [-0.2, -0.15) is 5.10 Å². The van der Waals surface area contributed by atoms with Crippen LogP contribution in [0.15, 0.2) is 29.0 Å². The topological polar surface area (TPSA) is 61.8 Å². The molecule has 0 aromatic carbocycles. The van der Waals surface area contributed by atoms with E-state index in [-0.39, 0.29) is 0 Å². The number of halogens is 2. The highest BCUT2D eigenvalue weighted by atomic mass is 79.9. The molecular weight excluding hydrogens is 281 g/mol. The van der Waals surface area contributed by atoms with Gasteiger partial charge in [0.2, 0.25) is 0 Å². The molecule has 0 saturated carbocycles. The van der Waals surface area contributed by atoms with Crippen LogP contribution in [0.2, 0.25) is 5.02 Å². The SMILES string of the molecule is OC(c1cc(Br)n[nH]1)c1ncccc1Cl. The lowest BCUT2D eigenvalue weighted by atomic mass is 10.2. The molecule has 0 aliphatic carbocycles. The third kappa shape index (κ3) is 2.19. The average Bonchev–Trinajstić information content (AvgIpc) is 2.65. The minimum Gasteiger partial charge on any atom is -0.380 e. The Labute approximate surface area is 99.4 Å². The van der Waals surface area contributed by atoms with Crippen molar-refractivity contribution < 1.29 is 5.11 Å². The molecule has 2 N–H and O–H groups in total. The Morgan fingerprint density at radius 1 is 1.53 bits per heavy atom. The van der Waals surface area contributed by atoms with Gasteiger partial charge in [0.1, 0.15) is 10.7 Å². The normalized spacial score (nSPS) is 12.7. The number of aliphatic hydroxyl groups is 1. The standard InChI is InChI=1S/C9H7BrClN3O/c10-7-4-6(13-14-7)9(15)8-5(11)2-1-3-12-8/h1-4,9,15H,(H,13,14). The zero-order valence-corrected chi connectivity index (χ0v) is 9.83. The number of hydrogen-bond donors (Lipinski definition) is 2. The molecule has 4 nitrogen and oxygen atoms in total. The molecule has 2 aromatic heterocycles. The summed E-state index contributed by atoms with van der Waals surface area (Å²) in [5.74, 6) is 0. The van der Waals surface area contributed by atoms with Crippen LogP contribution >= 0.6 is 27.5 Å². The van der Waals surface area contributed by atoms with Crippen molar-refractivity contribution in [2.24, 2.45) is 0 Å². The number of aromatic nitrogens is 3. The van der Waals surface area contributed by atoms with Crippen molar-refractivity contribution in [3.63, 3.8) is 0 Å². The minimum absolute atomic E-state index is 0.412. The van der Waals surface area contributed by atoms with Gasteiger partial charge in [0.15, 0.2) is 0 Å². The Morgan fingerprint density at radius 2 is 2.33 bits per heavy atom. The van der Waals surface area contributed by atoms with E-state index in [9.17, 15) is 5.11 Å². The van der Waals surface area contributed by atoms with Crippen LogP contribution in [0.25, 0.3) is 0 Å². The van der Waals surface area contributed by atoms with Crippen LogP contribution in [0.4, 0.5) is 0 Å². The van der Waals surface area contributed by atoms with E-state index in [0.29, 0.717) is 21.0 Å². The summed E-state index contributed by atoms with van der Waals surface area (Å²) in [5, 5.41) is 16.9. The summed E-state index contributed by atoms with van der Waals surface area (Å²) in [6.07, 6.45) is 0.688. The van der Waals surface area contributed by atoms with E-state index in [2.05, 4.69) is 31.1 Å². The van der Waals surface area contributed by atoms with Gasteiger partial charge in [-0.3, -0.25) is 10.1 Å². The molecule has 0 aliphatic heterocycles. The van der Waals surface area contributed by atoms with E-state index >= 15 is 0 Å². The molecule has 15 heavy (non-hydrogen) atoms. The fraction of sp³-hybridized carbons (Fsp3) is 0.111. The molecule has 6 heteroatoms. The maximum absolute atomic E-state index is 9.95. The van der Waals surface area contributed by atoms with Gasteiger partial charge in [-0.15, -0.1) is 0 Å². The van der Waals surface area contributed by atoms with Gasteiger partial charge in [-0.1, -0.05) is 11.6 Å². The van der Waals surface area contributed by atoms with E-state index in [4.69, 9.17) is 11.6 Å². The van der Waals surface area contributed by atoms with Crippen molar-refractivity contribution in [1.29, 1.82) is 0 Å². The highest BCUT2D eigenvalue weighted by Gasteiger charge is 2.16.